The Kier molecular flexibility index (Phi) is 6.69. The number of primary amides is 1. The minimum Gasteiger partial charge on any atom is -0.490 e. The molecule has 3 aromatic carbocycles. The molecule has 0 spiro atoms. The van der Waals surface area contributed by atoms with Crippen LogP contribution in [0.4, 0.5) is 11.4 Å². The van der Waals surface area contributed by atoms with E-state index in [1.165, 1.54) is 18.2 Å². The van der Waals surface area contributed by atoms with Crippen molar-refractivity contribution in [1.82, 2.24) is 0 Å². The molecule has 176 valence electrons. The number of anilines is 2. The summed E-state index contributed by atoms with van der Waals surface area (Å²) in [5, 5.41) is 2.74. The number of nitrogens with one attached hydrogen (secondary N) is 2. The van der Waals surface area contributed by atoms with Gasteiger partial charge in [-0.3, -0.25) is 14.3 Å². The Bertz CT molecular complexity index is 1320. The Morgan fingerprint density at radius 1 is 0.882 bits per heavy atom. The van der Waals surface area contributed by atoms with Gasteiger partial charge in [-0.2, -0.15) is 0 Å². The lowest BCUT2D eigenvalue weighted by Crippen LogP contribution is -2.15. The molecule has 0 saturated heterocycles. The van der Waals surface area contributed by atoms with Crippen molar-refractivity contribution in [1.29, 1.82) is 0 Å². The van der Waals surface area contributed by atoms with Gasteiger partial charge in [-0.15, -0.1) is 0 Å². The number of rotatable bonds is 7. The standard InChI is InChI=1S/C24H23N3O6S/c25-23(28)13-16-5-7-18(8-6-16)26-24(29)17-3-1-4-19(14-17)27-34(30,31)20-9-10-21-22(15-20)33-12-2-11-32-21/h1,3-10,14-15,27H,2,11-13H2,(H2,25,28)(H,26,29). The lowest BCUT2D eigenvalue weighted by Gasteiger charge is -2.12. The van der Waals surface area contributed by atoms with Crippen molar-refractivity contribution in [3.8, 4) is 11.5 Å². The molecule has 2 amide bonds. The van der Waals surface area contributed by atoms with Crippen molar-refractivity contribution >= 4 is 33.2 Å². The number of hydrogen-bond donors (Lipinski definition) is 3. The second-order valence-corrected chi connectivity index (χ2v) is 9.32. The predicted molar refractivity (Wildman–Crippen MR) is 127 cm³/mol. The van der Waals surface area contributed by atoms with Crippen LogP contribution in [0.15, 0.2) is 71.6 Å². The summed E-state index contributed by atoms with van der Waals surface area (Å²) in [6, 6.07) is 17.3. The number of hydrogen-bond acceptors (Lipinski definition) is 6. The fourth-order valence-electron chi connectivity index (χ4n) is 3.36. The van der Waals surface area contributed by atoms with E-state index >= 15 is 0 Å². The second kappa shape index (κ2) is 9.84. The first-order chi connectivity index (χ1) is 16.3. The van der Waals surface area contributed by atoms with E-state index < -0.39 is 21.8 Å². The van der Waals surface area contributed by atoms with Gasteiger partial charge in [0.25, 0.3) is 15.9 Å². The summed E-state index contributed by atoms with van der Waals surface area (Å²) in [5.74, 6) is 0.00945. The van der Waals surface area contributed by atoms with Crippen LogP contribution in [0.5, 0.6) is 11.5 Å². The summed E-state index contributed by atoms with van der Waals surface area (Å²) < 4.78 is 39.4. The van der Waals surface area contributed by atoms with Gasteiger partial charge in [0.2, 0.25) is 5.91 Å². The molecule has 0 aromatic heterocycles. The molecule has 4 N–H and O–H groups in total. The zero-order valence-electron chi connectivity index (χ0n) is 18.1. The van der Waals surface area contributed by atoms with Crippen LogP contribution < -0.4 is 25.2 Å². The molecule has 1 aliphatic heterocycles. The van der Waals surface area contributed by atoms with Gasteiger partial charge in [-0.25, -0.2) is 8.42 Å². The normalized spacial score (nSPS) is 12.9. The van der Waals surface area contributed by atoms with Crippen molar-refractivity contribution in [3.63, 3.8) is 0 Å². The number of fused-ring (bicyclic) bond motifs is 1. The zero-order chi connectivity index (χ0) is 24.1. The Morgan fingerprint density at radius 2 is 1.62 bits per heavy atom. The molecule has 0 aliphatic carbocycles. The Balaban J connectivity index is 1.47. The lowest BCUT2D eigenvalue weighted by atomic mass is 10.1. The first-order valence-electron chi connectivity index (χ1n) is 10.5. The quantitative estimate of drug-likeness (QED) is 0.475. The van der Waals surface area contributed by atoms with E-state index in [-0.39, 0.29) is 22.6 Å². The number of amides is 2. The van der Waals surface area contributed by atoms with Crippen molar-refractivity contribution in [2.75, 3.05) is 23.3 Å². The fraction of sp³-hybridized carbons (Fsp3) is 0.167. The number of benzene rings is 3. The molecule has 0 saturated carbocycles. The predicted octanol–water partition coefficient (Wildman–Crippen LogP) is 2.93. The second-order valence-electron chi connectivity index (χ2n) is 7.64. The average molecular weight is 482 g/mol. The van der Waals surface area contributed by atoms with Crippen molar-refractivity contribution in [2.24, 2.45) is 5.73 Å². The molecule has 1 heterocycles. The van der Waals surface area contributed by atoms with E-state index in [4.69, 9.17) is 15.2 Å². The summed E-state index contributed by atoms with van der Waals surface area (Å²) in [6.45, 7) is 0.943. The zero-order valence-corrected chi connectivity index (χ0v) is 18.9. The highest BCUT2D eigenvalue weighted by Crippen LogP contribution is 2.32. The molecular weight excluding hydrogens is 458 g/mol. The third-order valence-electron chi connectivity index (χ3n) is 5.00. The van der Waals surface area contributed by atoms with Crippen LogP contribution >= 0.6 is 0 Å². The number of ether oxygens (including phenoxy) is 2. The van der Waals surface area contributed by atoms with Crippen molar-refractivity contribution in [2.45, 2.75) is 17.7 Å². The lowest BCUT2D eigenvalue weighted by molar-refractivity contribution is -0.117. The van der Waals surface area contributed by atoms with Crippen molar-refractivity contribution < 1.29 is 27.5 Å². The highest BCUT2D eigenvalue weighted by Gasteiger charge is 2.19. The Labute approximate surface area is 196 Å². The molecule has 0 fully saturated rings. The average Bonchev–Trinajstić information content (AvgIpc) is 3.05. The van der Waals surface area contributed by atoms with Gasteiger partial charge in [-0.1, -0.05) is 18.2 Å². The molecule has 0 radical (unpaired) electrons. The van der Waals surface area contributed by atoms with Crippen molar-refractivity contribution in [3.05, 3.63) is 77.9 Å². The van der Waals surface area contributed by atoms with Gasteiger partial charge in [0.05, 0.1) is 24.5 Å². The number of carbonyl (C=O) groups is 2. The topological polar surface area (TPSA) is 137 Å². The maximum Gasteiger partial charge on any atom is 0.262 e. The van der Waals surface area contributed by atoms with Gasteiger partial charge < -0.3 is 20.5 Å². The van der Waals surface area contributed by atoms with E-state index in [1.54, 1.807) is 48.5 Å². The third-order valence-corrected chi connectivity index (χ3v) is 6.38. The minimum atomic E-state index is -3.93. The van der Waals surface area contributed by atoms with E-state index in [2.05, 4.69) is 10.0 Å². The van der Waals surface area contributed by atoms with Crippen LogP contribution in [0.2, 0.25) is 0 Å². The monoisotopic (exact) mass is 481 g/mol. The minimum absolute atomic E-state index is 0.0163. The maximum absolute atomic E-state index is 12.9. The fourth-order valence-corrected chi connectivity index (χ4v) is 4.42. The summed E-state index contributed by atoms with van der Waals surface area (Å²) in [6.07, 6.45) is 0.821. The summed E-state index contributed by atoms with van der Waals surface area (Å²) in [4.78, 5) is 23.7. The molecule has 0 atom stereocenters. The highest BCUT2D eigenvalue weighted by molar-refractivity contribution is 7.92. The van der Waals surface area contributed by atoms with Gasteiger partial charge in [0, 0.05) is 29.4 Å². The molecule has 1 aliphatic rings. The molecule has 0 unspecified atom stereocenters. The summed E-state index contributed by atoms with van der Waals surface area (Å²) in [5.41, 5.74) is 6.94. The van der Waals surface area contributed by atoms with E-state index in [0.717, 1.165) is 5.56 Å². The van der Waals surface area contributed by atoms with Crippen LogP contribution in [-0.4, -0.2) is 33.4 Å². The highest BCUT2D eigenvalue weighted by atomic mass is 32.2. The molecule has 4 rings (SSSR count). The number of carbonyl (C=O) groups excluding carboxylic acids is 2. The van der Waals surface area contributed by atoms with Gasteiger partial charge in [-0.05, 0) is 48.0 Å². The SMILES string of the molecule is NC(=O)Cc1ccc(NC(=O)c2cccc(NS(=O)(=O)c3ccc4c(c3)OCCCO4)c2)cc1. The molecule has 3 aromatic rings. The smallest absolute Gasteiger partial charge is 0.262 e. The maximum atomic E-state index is 12.9. The van der Waals surface area contributed by atoms with Gasteiger partial charge in [0.15, 0.2) is 11.5 Å². The van der Waals surface area contributed by atoms with E-state index in [1.807, 2.05) is 0 Å². The van der Waals surface area contributed by atoms with Gasteiger partial charge >= 0.3 is 0 Å². The first kappa shape index (κ1) is 23.1. The molecular formula is C24H23N3O6S. The molecule has 34 heavy (non-hydrogen) atoms. The van der Waals surface area contributed by atoms with Crippen LogP contribution in [0, 0.1) is 0 Å². The molecule has 10 heteroatoms. The number of sulfonamides is 1. The summed E-state index contributed by atoms with van der Waals surface area (Å²) in [7, 11) is -3.93. The third kappa shape index (κ3) is 5.65. The molecule has 0 bridgehead atoms. The number of nitrogens with two attached hydrogens (primary N) is 1. The van der Waals surface area contributed by atoms with E-state index in [9.17, 15) is 18.0 Å². The van der Waals surface area contributed by atoms with Crippen LogP contribution in [-0.2, 0) is 21.2 Å². The molecule has 9 nitrogen and oxygen atoms in total. The van der Waals surface area contributed by atoms with Crippen LogP contribution in [0.3, 0.4) is 0 Å². The first-order valence-corrected chi connectivity index (χ1v) is 12.0. The van der Waals surface area contributed by atoms with Crippen LogP contribution in [0.25, 0.3) is 0 Å². The summed E-state index contributed by atoms with van der Waals surface area (Å²) >= 11 is 0. The largest absolute Gasteiger partial charge is 0.490 e. The Hall–Kier alpha value is -4.05. The van der Waals surface area contributed by atoms with Crippen LogP contribution in [0.1, 0.15) is 22.3 Å². The van der Waals surface area contributed by atoms with Gasteiger partial charge in [0.1, 0.15) is 0 Å². The Morgan fingerprint density at radius 3 is 2.35 bits per heavy atom. The van der Waals surface area contributed by atoms with E-state index in [0.29, 0.717) is 36.8 Å².